The topological polar surface area (TPSA) is 49.8 Å². The molecular weight excluding hydrogens is 261 g/mol. The molecule has 1 saturated heterocycles. The van der Waals surface area contributed by atoms with E-state index in [1.807, 2.05) is 0 Å². The summed E-state index contributed by atoms with van der Waals surface area (Å²) in [5.41, 5.74) is 1.35. The van der Waals surface area contributed by atoms with Crippen LogP contribution < -0.4 is 0 Å². The summed E-state index contributed by atoms with van der Waals surface area (Å²) in [6, 6.07) is 4.35. The fourth-order valence-electron chi connectivity index (χ4n) is 1.94. The normalized spacial score (nSPS) is 14.9. The summed E-state index contributed by atoms with van der Waals surface area (Å²) in [5, 5.41) is 8.72. The number of aliphatic hydroxyl groups is 1. The molecule has 0 aromatic heterocycles. The van der Waals surface area contributed by atoms with Crippen LogP contribution in [0.3, 0.4) is 0 Å². The summed E-state index contributed by atoms with van der Waals surface area (Å²) < 4.78 is 18.4. The van der Waals surface area contributed by atoms with Crippen LogP contribution in [0.15, 0.2) is 18.2 Å². The van der Waals surface area contributed by atoms with Crippen molar-refractivity contribution >= 4 is 5.91 Å². The number of carbonyl (C=O) groups is 1. The first kappa shape index (κ1) is 14.5. The Balaban J connectivity index is 2.18. The Kier molecular flexibility index (Phi) is 5.10. The van der Waals surface area contributed by atoms with Crippen molar-refractivity contribution in [2.75, 3.05) is 26.4 Å². The molecule has 1 amide bonds. The number of benzene rings is 1. The lowest BCUT2D eigenvalue weighted by Crippen LogP contribution is -2.41. The number of carbonyl (C=O) groups excluding carboxylic acids is 1. The van der Waals surface area contributed by atoms with Gasteiger partial charge in [-0.2, -0.15) is 0 Å². The maximum Gasteiger partial charge on any atom is 0.248 e. The van der Waals surface area contributed by atoms with Gasteiger partial charge in [0.05, 0.1) is 13.2 Å². The Morgan fingerprint density at radius 1 is 1.45 bits per heavy atom. The summed E-state index contributed by atoms with van der Waals surface area (Å²) in [6.45, 7) is 1.50. The third-order valence-corrected chi connectivity index (χ3v) is 2.98. The van der Waals surface area contributed by atoms with Crippen molar-refractivity contribution in [3.8, 4) is 11.8 Å². The number of rotatable bonds is 3. The molecular formula is C15H16FNO3. The van der Waals surface area contributed by atoms with Crippen molar-refractivity contribution in [2.24, 2.45) is 0 Å². The molecule has 0 bridgehead atoms. The predicted molar refractivity (Wildman–Crippen MR) is 71.2 cm³/mol. The average Bonchev–Trinajstić information content (AvgIpc) is 2.44. The predicted octanol–water partition coefficient (Wildman–Crippen LogP) is 0.918. The zero-order chi connectivity index (χ0) is 14.4. The van der Waals surface area contributed by atoms with Crippen molar-refractivity contribution < 1.29 is 19.0 Å². The van der Waals surface area contributed by atoms with E-state index in [2.05, 4.69) is 11.8 Å². The van der Waals surface area contributed by atoms with Crippen molar-refractivity contribution in [3.63, 3.8) is 0 Å². The zero-order valence-electron chi connectivity index (χ0n) is 11.1. The number of amides is 1. The Labute approximate surface area is 117 Å². The van der Waals surface area contributed by atoms with E-state index < -0.39 is 0 Å². The molecule has 1 fully saturated rings. The standard InChI is InChI=1S/C15H16FNO3/c16-14-5-4-13(12(9-14)3-1-2-7-18)10-17-6-8-20-11-15(17)19/h4-5,9,18H,2,6-8,10-11H2. The summed E-state index contributed by atoms with van der Waals surface area (Å²) in [5.74, 6) is 5.17. The van der Waals surface area contributed by atoms with Crippen molar-refractivity contribution in [2.45, 2.75) is 13.0 Å². The Hall–Kier alpha value is -1.90. The summed E-state index contributed by atoms with van der Waals surface area (Å²) in [7, 11) is 0. The van der Waals surface area contributed by atoms with E-state index in [1.165, 1.54) is 12.1 Å². The molecule has 2 rings (SSSR count). The van der Waals surface area contributed by atoms with Gasteiger partial charge in [-0.15, -0.1) is 0 Å². The minimum Gasteiger partial charge on any atom is -0.395 e. The highest BCUT2D eigenvalue weighted by atomic mass is 19.1. The van der Waals surface area contributed by atoms with Crippen LogP contribution in [-0.2, 0) is 16.1 Å². The number of hydrogen-bond acceptors (Lipinski definition) is 3. The molecule has 0 saturated carbocycles. The number of aliphatic hydroxyl groups excluding tert-OH is 1. The van der Waals surface area contributed by atoms with Gasteiger partial charge in [0.15, 0.2) is 0 Å². The van der Waals surface area contributed by atoms with Gasteiger partial charge in [0.25, 0.3) is 0 Å². The third kappa shape index (κ3) is 3.80. The molecule has 1 aromatic rings. The zero-order valence-corrected chi connectivity index (χ0v) is 11.1. The largest absolute Gasteiger partial charge is 0.395 e. The van der Waals surface area contributed by atoms with Crippen LogP contribution >= 0.6 is 0 Å². The Morgan fingerprint density at radius 3 is 3.05 bits per heavy atom. The molecule has 0 aliphatic carbocycles. The number of nitrogens with zero attached hydrogens (tertiary/aromatic N) is 1. The van der Waals surface area contributed by atoms with Crippen LogP contribution in [0, 0.1) is 17.7 Å². The molecule has 1 aliphatic rings. The quantitative estimate of drug-likeness (QED) is 0.836. The van der Waals surface area contributed by atoms with E-state index in [-0.39, 0.29) is 24.9 Å². The minimum absolute atomic E-state index is 0.0282. The van der Waals surface area contributed by atoms with Crippen molar-refractivity contribution in [1.82, 2.24) is 4.90 Å². The van der Waals surface area contributed by atoms with Crippen LogP contribution in [-0.4, -0.2) is 42.3 Å². The third-order valence-electron chi connectivity index (χ3n) is 2.98. The highest BCUT2D eigenvalue weighted by molar-refractivity contribution is 5.78. The van der Waals surface area contributed by atoms with Gasteiger partial charge in [0, 0.05) is 25.1 Å². The second kappa shape index (κ2) is 7.04. The first-order chi connectivity index (χ1) is 9.70. The first-order valence-electron chi connectivity index (χ1n) is 6.44. The molecule has 4 nitrogen and oxygen atoms in total. The highest BCUT2D eigenvalue weighted by Crippen LogP contribution is 2.14. The molecule has 20 heavy (non-hydrogen) atoms. The molecule has 0 radical (unpaired) electrons. The Morgan fingerprint density at radius 2 is 2.30 bits per heavy atom. The highest BCUT2D eigenvalue weighted by Gasteiger charge is 2.19. The fourth-order valence-corrected chi connectivity index (χ4v) is 1.94. The maximum absolute atomic E-state index is 13.3. The molecule has 1 N–H and O–H groups in total. The molecule has 5 heteroatoms. The lowest BCUT2D eigenvalue weighted by molar-refractivity contribution is -0.143. The van der Waals surface area contributed by atoms with Gasteiger partial charge >= 0.3 is 0 Å². The van der Waals surface area contributed by atoms with E-state index >= 15 is 0 Å². The van der Waals surface area contributed by atoms with E-state index in [4.69, 9.17) is 9.84 Å². The van der Waals surface area contributed by atoms with E-state index in [9.17, 15) is 9.18 Å². The van der Waals surface area contributed by atoms with E-state index in [1.54, 1.807) is 11.0 Å². The van der Waals surface area contributed by atoms with Crippen LogP contribution in [0.1, 0.15) is 17.5 Å². The number of halogens is 1. The number of morpholine rings is 1. The lowest BCUT2D eigenvalue weighted by Gasteiger charge is -2.27. The SMILES string of the molecule is O=C1COCCN1Cc1ccc(F)cc1C#CCCO. The van der Waals surface area contributed by atoms with Crippen molar-refractivity contribution in [3.05, 3.63) is 35.1 Å². The number of ether oxygens (including phenoxy) is 1. The average molecular weight is 277 g/mol. The van der Waals surface area contributed by atoms with E-state index in [0.29, 0.717) is 31.7 Å². The number of hydrogen-bond donors (Lipinski definition) is 1. The van der Waals surface area contributed by atoms with Crippen LogP contribution in [0.2, 0.25) is 0 Å². The summed E-state index contributed by atoms with van der Waals surface area (Å²) in [4.78, 5) is 13.4. The van der Waals surface area contributed by atoms with E-state index in [0.717, 1.165) is 5.56 Å². The van der Waals surface area contributed by atoms with Gasteiger partial charge < -0.3 is 14.7 Å². The molecule has 0 atom stereocenters. The van der Waals surface area contributed by atoms with Gasteiger partial charge in [0.1, 0.15) is 12.4 Å². The smallest absolute Gasteiger partial charge is 0.248 e. The minimum atomic E-state index is -0.365. The van der Waals surface area contributed by atoms with Crippen LogP contribution in [0.25, 0.3) is 0 Å². The molecule has 1 aliphatic heterocycles. The first-order valence-corrected chi connectivity index (χ1v) is 6.44. The van der Waals surface area contributed by atoms with Crippen LogP contribution in [0.5, 0.6) is 0 Å². The second-order valence-corrected chi connectivity index (χ2v) is 4.44. The molecule has 1 heterocycles. The molecule has 0 unspecified atom stereocenters. The van der Waals surface area contributed by atoms with Crippen molar-refractivity contribution in [1.29, 1.82) is 0 Å². The lowest BCUT2D eigenvalue weighted by atomic mass is 10.1. The Bertz CT molecular complexity index is 548. The van der Waals surface area contributed by atoms with Gasteiger partial charge in [-0.25, -0.2) is 4.39 Å². The molecule has 106 valence electrons. The second-order valence-electron chi connectivity index (χ2n) is 4.44. The van der Waals surface area contributed by atoms with Gasteiger partial charge in [0.2, 0.25) is 5.91 Å². The fraction of sp³-hybridized carbons (Fsp3) is 0.400. The monoisotopic (exact) mass is 277 g/mol. The maximum atomic E-state index is 13.3. The summed E-state index contributed by atoms with van der Waals surface area (Å²) >= 11 is 0. The van der Waals surface area contributed by atoms with Gasteiger partial charge in [-0.05, 0) is 17.7 Å². The molecule has 0 spiro atoms. The van der Waals surface area contributed by atoms with Crippen LogP contribution in [0.4, 0.5) is 4.39 Å². The van der Waals surface area contributed by atoms with Gasteiger partial charge in [-0.1, -0.05) is 17.9 Å². The molecule has 1 aromatic carbocycles. The van der Waals surface area contributed by atoms with Gasteiger partial charge in [-0.3, -0.25) is 4.79 Å². The summed E-state index contributed by atoms with van der Waals surface area (Å²) in [6.07, 6.45) is 0.340.